The highest BCUT2D eigenvalue weighted by molar-refractivity contribution is 7.90. The SMILES string of the molecule is CS(=O)(=O)Cc1c(Nc2nc(Cl)ncc2Cl)ccc2nccnc12.Cc1cc(N)c(N(C)C)cc1N1CCC(N2CCN(C)CC2)CC1.Cc1cc(Nc2ncc(Cl)c(Nc3ccc4nccnc4c3CS(C)(=O)=O)n2)c(N(C)C)cc1N1CCC(N2CCN(C)CC2)CC1. The summed E-state index contributed by atoms with van der Waals surface area (Å²) in [5, 5.41) is 10.2. The van der Waals surface area contributed by atoms with Gasteiger partial charge in [-0.15, -0.1) is 0 Å². The lowest BCUT2D eigenvalue weighted by atomic mass is 10.00. The highest BCUT2D eigenvalue weighted by Crippen LogP contribution is 2.39. The normalized spacial score (nSPS) is 16.6. The van der Waals surface area contributed by atoms with E-state index in [-0.39, 0.29) is 27.6 Å². The number of aryl methyl sites for hydroxylation is 2. The van der Waals surface area contributed by atoms with Crippen LogP contribution in [-0.4, -0.2) is 222 Å². The van der Waals surface area contributed by atoms with Gasteiger partial charge in [-0.05, 0) is 125 Å². The van der Waals surface area contributed by atoms with Crippen LogP contribution in [0.5, 0.6) is 0 Å². The van der Waals surface area contributed by atoms with Crippen molar-refractivity contribution in [3.8, 4) is 0 Å². The molecule has 24 nitrogen and oxygen atoms in total. The Balaban J connectivity index is 0.000000172. The van der Waals surface area contributed by atoms with Crippen LogP contribution in [0, 0.1) is 13.8 Å². The van der Waals surface area contributed by atoms with E-state index in [1.54, 1.807) is 42.9 Å². The van der Waals surface area contributed by atoms with E-state index in [1.807, 2.05) is 14.1 Å². The molecule has 0 unspecified atom stereocenters. The van der Waals surface area contributed by atoms with Crippen molar-refractivity contribution in [3.05, 3.63) is 123 Å². The lowest BCUT2D eigenvalue weighted by Gasteiger charge is -2.43. The molecule has 0 aliphatic carbocycles. The molecule has 4 fully saturated rings. The van der Waals surface area contributed by atoms with E-state index < -0.39 is 19.7 Å². The van der Waals surface area contributed by atoms with Crippen molar-refractivity contribution in [3.63, 3.8) is 0 Å². The number of piperidine rings is 2. The topological polar surface area (TPSA) is 259 Å². The van der Waals surface area contributed by atoms with Gasteiger partial charge < -0.3 is 51.1 Å². The number of anilines is 11. The standard InChI is InChI=1S/C33H43ClN10O2S.C19H33N5.C14H11Cl2N5O2S/c1-22-18-28(30(41(2)3)19-29(22)44-12-8-23(9-13-44)43-16-14-42(4)15-17-43)39-33-37-20-25(34)32(40-33)38-26-6-7-27-31(36-11-10-35-27)24(26)21-47(5,45)46;1-15-13-17(20)19(21(2)3)14-18(15)24-7-5-16(6-8-24)23-11-9-22(4)10-12-23;1-24(22,23)7-8-10(2-3-11-12(8)18-5-4-17-11)20-13-9(15)6-19-14(16)21-13/h6-7,10-11,18-20,23H,8-9,12-17,21H2,1-5H3,(H2,37,38,39,40);13-14,16H,5-12,20H2,1-4H3;2-6H,7H2,1H3,(H,19,20,21). The van der Waals surface area contributed by atoms with Gasteiger partial charge in [-0.1, -0.05) is 23.2 Å². The molecule has 4 aromatic carbocycles. The number of fused-ring (bicyclic) bond motifs is 2. The number of hydrogen-bond acceptors (Lipinski definition) is 24. The van der Waals surface area contributed by atoms with E-state index in [0.717, 1.165) is 87.4 Å². The number of aromatic nitrogens is 8. The van der Waals surface area contributed by atoms with Crippen LogP contribution >= 0.6 is 34.8 Å². The van der Waals surface area contributed by atoms with Gasteiger partial charge in [0.2, 0.25) is 11.2 Å². The molecule has 508 valence electrons. The van der Waals surface area contributed by atoms with E-state index in [4.69, 9.17) is 45.5 Å². The van der Waals surface area contributed by atoms with Crippen molar-refractivity contribution in [2.45, 2.75) is 63.1 Å². The van der Waals surface area contributed by atoms with Gasteiger partial charge in [0.05, 0.1) is 68.7 Å². The zero-order valence-electron chi connectivity index (χ0n) is 55.8. The molecule has 4 saturated heterocycles. The molecule has 29 heteroatoms. The minimum atomic E-state index is -3.38. The summed E-state index contributed by atoms with van der Waals surface area (Å²) in [7, 11) is 5.93. The third-order valence-electron chi connectivity index (χ3n) is 17.9. The Kier molecular flexibility index (Phi) is 22.9. The second kappa shape index (κ2) is 30.9. The number of nitrogens with zero attached hydrogens (tertiary/aromatic N) is 16. The lowest BCUT2D eigenvalue weighted by molar-refractivity contribution is 0.0982. The number of sulfone groups is 2. The monoisotopic (exact) mass is 1390 g/mol. The van der Waals surface area contributed by atoms with Crippen molar-refractivity contribution in [2.75, 3.05) is 175 Å². The van der Waals surface area contributed by atoms with Gasteiger partial charge in [-0.25, -0.2) is 26.8 Å². The first kappa shape index (κ1) is 70.5. The van der Waals surface area contributed by atoms with Crippen molar-refractivity contribution in [2.24, 2.45) is 0 Å². The van der Waals surface area contributed by atoms with Gasteiger partial charge in [0, 0.05) is 190 Å². The minimum Gasteiger partial charge on any atom is -0.397 e. The van der Waals surface area contributed by atoms with Crippen molar-refractivity contribution >= 4 is 140 Å². The molecule has 12 rings (SSSR count). The van der Waals surface area contributed by atoms with Crippen molar-refractivity contribution in [1.29, 1.82) is 0 Å². The predicted octanol–water partition coefficient (Wildman–Crippen LogP) is 9.57. The van der Waals surface area contributed by atoms with Gasteiger partial charge >= 0.3 is 0 Å². The summed E-state index contributed by atoms with van der Waals surface area (Å²) in [5.41, 5.74) is 19.3. The number of nitrogens with two attached hydrogens (primary N) is 1. The van der Waals surface area contributed by atoms with Crippen molar-refractivity contribution < 1.29 is 16.8 Å². The molecule has 0 spiro atoms. The number of likely N-dealkylation sites (N-methyl/N-ethyl adjacent to an activating group) is 2. The van der Waals surface area contributed by atoms with E-state index in [9.17, 15) is 16.8 Å². The smallest absolute Gasteiger partial charge is 0.229 e. The fourth-order valence-electron chi connectivity index (χ4n) is 12.8. The molecule has 0 amide bonds. The van der Waals surface area contributed by atoms with Crippen LogP contribution in [0.15, 0.2) is 85.7 Å². The Morgan fingerprint density at radius 3 is 1.39 bits per heavy atom. The van der Waals surface area contributed by atoms with E-state index in [0.29, 0.717) is 67.4 Å². The van der Waals surface area contributed by atoms with Crippen LogP contribution in [0.4, 0.5) is 63.1 Å². The third-order valence-corrected chi connectivity index (χ3v) is 20.2. The van der Waals surface area contributed by atoms with Crippen LogP contribution in [0.1, 0.15) is 47.9 Å². The molecule has 95 heavy (non-hydrogen) atoms. The van der Waals surface area contributed by atoms with E-state index >= 15 is 0 Å². The summed E-state index contributed by atoms with van der Waals surface area (Å²) in [6, 6.07) is 17.2. The zero-order valence-corrected chi connectivity index (χ0v) is 59.7. The minimum absolute atomic E-state index is 0.0205. The average molecular weight is 1400 g/mol. The lowest BCUT2D eigenvalue weighted by Crippen LogP contribution is -2.52. The Hall–Kier alpha value is -7.27. The average Bonchev–Trinajstić information content (AvgIpc) is 0.818. The molecular formula is C66H87Cl3N20O4S2. The van der Waals surface area contributed by atoms with Gasteiger partial charge in [-0.3, -0.25) is 29.7 Å². The molecular weight excluding hydrogens is 1310 g/mol. The first-order chi connectivity index (χ1) is 45.2. The molecule has 0 radical (unpaired) electrons. The summed E-state index contributed by atoms with van der Waals surface area (Å²) in [4.78, 5) is 53.6. The molecule has 0 atom stereocenters. The molecule has 4 aromatic heterocycles. The highest BCUT2D eigenvalue weighted by Gasteiger charge is 2.30. The van der Waals surface area contributed by atoms with Gasteiger partial charge in [-0.2, -0.15) is 9.97 Å². The fourth-order valence-corrected chi connectivity index (χ4v) is 14.9. The Morgan fingerprint density at radius 1 is 0.516 bits per heavy atom. The van der Waals surface area contributed by atoms with Gasteiger partial charge in [0.25, 0.3) is 0 Å². The molecule has 0 saturated carbocycles. The maximum absolute atomic E-state index is 12.4. The summed E-state index contributed by atoms with van der Waals surface area (Å²) in [6.07, 6.45) is 16.3. The summed E-state index contributed by atoms with van der Waals surface area (Å²) >= 11 is 18.4. The number of nitrogen functional groups attached to an aromatic ring is 1. The number of benzene rings is 4. The second-order valence-electron chi connectivity index (χ2n) is 25.5. The number of rotatable bonds is 16. The zero-order chi connectivity index (χ0) is 67.9. The van der Waals surface area contributed by atoms with Crippen molar-refractivity contribution in [1.82, 2.24) is 59.5 Å². The van der Waals surface area contributed by atoms with Crippen LogP contribution in [0.25, 0.3) is 22.1 Å². The third kappa shape index (κ3) is 18.2. The molecule has 0 bridgehead atoms. The van der Waals surface area contributed by atoms with Crippen LogP contribution < -0.4 is 41.3 Å². The highest BCUT2D eigenvalue weighted by atomic mass is 35.5. The van der Waals surface area contributed by atoms with E-state index in [2.05, 4.69) is 156 Å². The molecule has 4 aliphatic rings. The summed E-state index contributed by atoms with van der Waals surface area (Å²) in [6.45, 7) is 18.2. The molecule has 5 N–H and O–H groups in total. The maximum Gasteiger partial charge on any atom is 0.229 e. The fraction of sp³-hybridized carbons (Fsp3) is 0.455. The Bertz CT molecular complexity index is 4240. The van der Waals surface area contributed by atoms with Crippen LogP contribution in [0.3, 0.4) is 0 Å². The molecule has 8 aromatic rings. The number of piperazine rings is 2. The van der Waals surface area contributed by atoms with Crippen LogP contribution in [0.2, 0.25) is 15.3 Å². The number of nitrogens with one attached hydrogen (secondary N) is 3. The number of halogens is 3. The quantitative estimate of drug-likeness (QED) is 0.0518. The number of hydrogen-bond donors (Lipinski definition) is 4. The second-order valence-corrected chi connectivity index (χ2v) is 31.0. The molecule has 4 aliphatic heterocycles. The first-order valence-electron chi connectivity index (χ1n) is 31.8. The summed E-state index contributed by atoms with van der Waals surface area (Å²) in [5.74, 6) is 0.539. The largest absolute Gasteiger partial charge is 0.397 e. The van der Waals surface area contributed by atoms with Gasteiger partial charge in [0.15, 0.2) is 31.3 Å². The first-order valence-corrected chi connectivity index (χ1v) is 37.1. The maximum atomic E-state index is 12.4. The van der Waals surface area contributed by atoms with E-state index in [1.165, 1.54) is 99.2 Å². The predicted molar refractivity (Wildman–Crippen MR) is 389 cm³/mol. The molecule has 8 heterocycles. The van der Waals surface area contributed by atoms with Crippen LogP contribution in [-0.2, 0) is 31.2 Å². The summed E-state index contributed by atoms with van der Waals surface area (Å²) < 4.78 is 48.4. The Labute approximate surface area is 573 Å². The Morgan fingerprint density at radius 2 is 0.937 bits per heavy atom. The van der Waals surface area contributed by atoms with Gasteiger partial charge in [0.1, 0.15) is 10.0 Å².